The van der Waals surface area contributed by atoms with E-state index in [9.17, 15) is 4.79 Å². The highest BCUT2D eigenvalue weighted by Gasteiger charge is 2.00. The average Bonchev–Trinajstić information content (AvgIpc) is 2.48. The zero-order valence-electron chi connectivity index (χ0n) is 14.7. The molecule has 1 atom stereocenters. The predicted molar refractivity (Wildman–Crippen MR) is 96.2 cm³/mol. The summed E-state index contributed by atoms with van der Waals surface area (Å²) in [7, 11) is 0. The van der Waals surface area contributed by atoms with Crippen molar-refractivity contribution in [2.75, 3.05) is 0 Å². The van der Waals surface area contributed by atoms with Crippen LogP contribution in [0.5, 0.6) is 0 Å². The van der Waals surface area contributed by atoms with Crippen LogP contribution in [0.25, 0.3) is 0 Å². The molecule has 128 valence electrons. The molecule has 22 heavy (non-hydrogen) atoms. The van der Waals surface area contributed by atoms with E-state index in [2.05, 4.69) is 26.0 Å². The molecule has 0 aromatic carbocycles. The van der Waals surface area contributed by atoms with Gasteiger partial charge < -0.3 is 5.11 Å². The molecule has 1 unspecified atom stereocenters. The van der Waals surface area contributed by atoms with Crippen molar-refractivity contribution in [3.63, 3.8) is 0 Å². The summed E-state index contributed by atoms with van der Waals surface area (Å²) in [5, 5.41) is 8.52. The van der Waals surface area contributed by atoms with Crippen LogP contribution < -0.4 is 0 Å². The second kappa shape index (κ2) is 16.3. The van der Waals surface area contributed by atoms with Gasteiger partial charge >= 0.3 is 5.97 Å². The molecule has 0 aliphatic heterocycles. The first-order valence-electron chi connectivity index (χ1n) is 9.21. The van der Waals surface area contributed by atoms with Crippen molar-refractivity contribution in [1.82, 2.24) is 0 Å². The molecule has 0 bridgehead atoms. The standard InChI is InChI=1S/C20H36O2/c1-3-4-5-6-7-8-9-10-11-12-13-14-16-19(2)17-15-18-20(21)22/h6-7,15,18-19H,3-5,8-14,16-17H2,1-2H3,(H,21,22)/b7-6?,18-15-. The third-order valence-corrected chi connectivity index (χ3v) is 4.01. The van der Waals surface area contributed by atoms with Crippen LogP contribution in [0.15, 0.2) is 24.3 Å². The monoisotopic (exact) mass is 308 g/mol. The van der Waals surface area contributed by atoms with E-state index in [4.69, 9.17) is 5.11 Å². The minimum absolute atomic E-state index is 0.601. The largest absolute Gasteiger partial charge is 0.478 e. The fraction of sp³-hybridized carbons (Fsp3) is 0.750. The van der Waals surface area contributed by atoms with Crippen LogP contribution in [0, 0.1) is 5.92 Å². The molecule has 0 spiro atoms. The summed E-state index contributed by atoms with van der Waals surface area (Å²) in [6.45, 7) is 4.44. The van der Waals surface area contributed by atoms with E-state index < -0.39 is 5.97 Å². The van der Waals surface area contributed by atoms with Crippen molar-refractivity contribution in [2.45, 2.75) is 90.9 Å². The lowest BCUT2D eigenvalue weighted by molar-refractivity contribution is -0.131. The SMILES string of the molecule is CCCCC=CCCCCCCCCC(C)C/C=C\C(=O)O. The molecule has 0 rings (SSSR count). The highest BCUT2D eigenvalue weighted by molar-refractivity contribution is 5.79. The molecule has 0 aliphatic rings. The van der Waals surface area contributed by atoms with E-state index in [0.717, 1.165) is 6.42 Å². The summed E-state index contributed by atoms with van der Waals surface area (Å²) in [6, 6.07) is 0. The molecular formula is C20H36O2. The van der Waals surface area contributed by atoms with Gasteiger partial charge in [-0.1, -0.05) is 83.4 Å². The van der Waals surface area contributed by atoms with Crippen molar-refractivity contribution < 1.29 is 9.90 Å². The molecule has 1 N–H and O–H groups in total. The van der Waals surface area contributed by atoms with Gasteiger partial charge in [0.1, 0.15) is 0 Å². The Hall–Kier alpha value is -1.05. The lowest BCUT2D eigenvalue weighted by Gasteiger charge is -2.08. The Balaban J connectivity index is 3.26. The lowest BCUT2D eigenvalue weighted by atomic mass is 9.98. The van der Waals surface area contributed by atoms with Gasteiger partial charge in [0.2, 0.25) is 0 Å². The molecule has 0 radical (unpaired) electrons. The number of hydrogen-bond donors (Lipinski definition) is 1. The highest BCUT2D eigenvalue weighted by Crippen LogP contribution is 2.15. The summed E-state index contributed by atoms with van der Waals surface area (Å²) in [5.74, 6) is -0.240. The molecule has 0 amide bonds. The van der Waals surface area contributed by atoms with Gasteiger partial charge in [0.05, 0.1) is 0 Å². The van der Waals surface area contributed by atoms with Crippen LogP contribution in [-0.4, -0.2) is 11.1 Å². The van der Waals surface area contributed by atoms with E-state index in [0.29, 0.717) is 5.92 Å². The smallest absolute Gasteiger partial charge is 0.327 e. The van der Waals surface area contributed by atoms with E-state index in [1.807, 2.05) is 0 Å². The number of carboxylic acids is 1. The molecule has 0 aromatic heterocycles. The molecule has 0 saturated carbocycles. The Bertz CT molecular complexity index is 305. The van der Waals surface area contributed by atoms with Crippen LogP contribution in [-0.2, 0) is 4.79 Å². The van der Waals surface area contributed by atoms with E-state index >= 15 is 0 Å². The Kier molecular flexibility index (Phi) is 15.5. The fourth-order valence-electron chi connectivity index (χ4n) is 2.54. The average molecular weight is 309 g/mol. The Labute approximate surface area is 137 Å². The number of aliphatic carboxylic acids is 1. The Morgan fingerprint density at radius 1 is 0.909 bits per heavy atom. The molecule has 0 fully saturated rings. The molecule has 0 saturated heterocycles. The molecule has 0 aromatic rings. The van der Waals surface area contributed by atoms with Crippen LogP contribution in [0.4, 0.5) is 0 Å². The summed E-state index contributed by atoms with van der Waals surface area (Å²) in [4.78, 5) is 10.4. The van der Waals surface area contributed by atoms with Crippen LogP contribution >= 0.6 is 0 Å². The quantitative estimate of drug-likeness (QED) is 0.212. The molecule has 2 heteroatoms. The number of rotatable bonds is 15. The minimum atomic E-state index is -0.840. The van der Waals surface area contributed by atoms with Crippen molar-refractivity contribution in [3.8, 4) is 0 Å². The highest BCUT2D eigenvalue weighted by atomic mass is 16.4. The first-order valence-corrected chi connectivity index (χ1v) is 9.21. The molecule has 0 heterocycles. The van der Waals surface area contributed by atoms with Crippen LogP contribution in [0.2, 0.25) is 0 Å². The van der Waals surface area contributed by atoms with Crippen LogP contribution in [0.1, 0.15) is 90.9 Å². The summed E-state index contributed by atoms with van der Waals surface area (Å²) >= 11 is 0. The van der Waals surface area contributed by atoms with Gasteiger partial charge in [-0.25, -0.2) is 4.79 Å². The molecule has 2 nitrogen and oxygen atoms in total. The van der Waals surface area contributed by atoms with Crippen molar-refractivity contribution in [3.05, 3.63) is 24.3 Å². The maximum absolute atomic E-state index is 10.4. The van der Waals surface area contributed by atoms with Gasteiger partial charge in [0.25, 0.3) is 0 Å². The third kappa shape index (κ3) is 17.0. The van der Waals surface area contributed by atoms with Gasteiger partial charge in [-0.05, 0) is 31.6 Å². The normalized spacial score (nSPS) is 13.2. The maximum Gasteiger partial charge on any atom is 0.327 e. The zero-order chi connectivity index (χ0) is 16.5. The number of allylic oxidation sites excluding steroid dienone is 3. The third-order valence-electron chi connectivity index (χ3n) is 4.01. The van der Waals surface area contributed by atoms with Gasteiger partial charge in [0.15, 0.2) is 0 Å². The number of hydrogen-bond acceptors (Lipinski definition) is 1. The number of carbonyl (C=O) groups is 1. The number of unbranched alkanes of at least 4 members (excludes halogenated alkanes) is 8. The molecule has 0 aliphatic carbocycles. The topological polar surface area (TPSA) is 37.3 Å². The first kappa shape index (κ1) is 20.9. The van der Waals surface area contributed by atoms with Gasteiger partial charge in [-0.3, -0.25) is 0 Å². The Morgan fingerprint density at radius 2 is 1.50 bits per heavy atom. The molecular weight excluding hydrogens is 272 g/mol. The van der Waals surface area contributed by atoms with Crippen molar-refractivity contribution >= 4 is 5.97 Å². The Morgan fingerprint density at radius 3 is 2.14 bits per heavy atom. The second-order valence-electron chi connectivity index (χ2n) is 6.39. The number of carboxylic acid groups (broad SMARTS) is 1. The van der Waals surface area contributed by atoms with Crippen molar-refractivity contribution in [1.29, 1.82) is 0 Å². The van der Waals surface area contributed by atoms with E-state index in [-0.39, 0.29) is 0 Å². The van der Waals surface area contributed by atoms with Gasteiger partial charge in [-0.15, -0.1) is 0 Å². The fourth-order valence-corrected chi connectivity index (χ4v) is 2.54. The second-order valence-corrected chi connectivity index (χ2v) is 6.39. The zero-order valence-corrected chi connectivity index (χ0v) is 14.7. The van der Waals surface area contributed by atoms with E-state index in [1.165, 1.54) is 76.7 Å². The van der Waals surface area contributed by atoms with Crippen molar-refractivity contribution in [2.24, 2.45) is 5.92 Å². The lowest BCUT2D eigenvalue weighted by Crippen LogP contribution is -1.94. The summed E-state index contributed by atoms with van der Waals surface area (Å²) < 4.78 is 0. The van der Waals surface area contributed by atoms with E-state index in [1.54, 1.807) is 6.08 Å². The van der Waals surface area contributed by atoms with Gasteiger partial charge in [0, 0.05) is 6.08 Å². The maximum atomic E-state index is 10.4. The van der Waals surface area contributed by atoms with Gasteiger partial charge in [-0.2, -0.15) is 0 Å². The summed E-state index contributed by atoms with van der Waals surface area (Å²) in [5.41, 5.74) is 0. The first-order chi connectivity index (χ1) is 10.7. The predicted octanol–water partition coefficient (Wildman–Crippen LogP) is 6.52. The van der Waals surface area contributed by atoms with Crippen LogP contribution in [0.3, 0.4) is 0 Å². The minimum Gasteiger partial charge on any atom is -0.478 e. The summed E-state index contributed by atoms with van der Waals surface area (Å²) in [6.07, 6.45) is 22.9.